The van der Waals surface area contributed by atoms with Gasteiger partial charge in [0.1, 0.15) is 5.03 Å². The van der Waals surface area contributed by atoms with Crippen LogP contribution in [0.2, 0.25) is 5.15 Å². The third-order valence-electron chi connectivity index (χ3n) is 2.16. The van der Waals surface area contributed by atoms with E-state index in [-0.39, 0.29) is 0 Å². The van der Waals surface area contributed by atoms with Gasteiger partial charge in [-0.1, -0.05) is 25.4 Å². The van der Waals surface area contributed by atoms with Gasteiger partial charge in [-0.3, -0.25) is 0 Å². The minimum absolute atomic E-state index is 0.502. The maximum atomic E-state index is 5.90. The average molecular weight is 246 g/mol. The molecule has 3 nitrogen and oxygen atoms in total. The summed E-state index contributed by atoms with van der Waals surface area (Å²) < 4.78 is 0. The first-order valence-corrected chi connectivity index (χ1v) is 6.46. The van der Waals surface area contributed by atoms with Gasteiger partial charge < -0.3 is 4.90 Å². The number of hydrogen-bond donors (Lipinski definition) is 0. The zero-order chi connectivity index (χ0) is 11.1. The topological polar surface area (TPSA) is 29.0 Å². The summed E-state index contributed by atoms with van der Waals surface area (Å²) in [6.07, 6.45) is 3.28. The number of hydrogen-bond acceptors (Lipinski definition) is 4. The molecule has 5 heteroatoms. The van der Waals surface area contributed by atoms with Crippen molar-refractivity contribution in [3.63, 3.8) is 0 Å². The Morgan fingerprint density at radius 2 is 1.93 bits per heavy atom. The number of nitrogens with zero attached hydrogens (tertiary/aromatic N) is 3. The molecule has 0 aliphatic rings. The van der Waals surface area contributed by atoms with Gasteiger partial charge in [-0.25, -0.2) is 9.97 Å². The quantitative estimate of drug-likeness (QED) is 0.721. The van der Waals surface area contributed by atoms with Crippen LogP contribution in [0.15, 0.2) is 17.4 Å². The molecule has 0 aromatic carbocycles. The van der Waals surface area contributed by atoms with Gasteiger partial charge in [-0.2, -0.15) is 0 Å². The highest BCUT2D eigenvalue weighted by atomic mass is 35.5. The Hall–Kier alpha value is -0.320. The zero-order valence-electron chi connectivity index (χ0n) is 9.11. The molecule has 1 rings (SSSR count). The van der Waals surface area contributed by atoms with E-state index in [2.05, 4.69) is 28.7 Å². The fraction of sp³-hybridized carbons (Fsp3) is 0.600. The molecular formula is C10H16ClN3S. The lowest BCUT2D eigenvalue weighted by Gasteiger charge is -2.17. The fourth-order valence-electron chi connectivity index (χ4n) is 1.22. The van der Waals surface area contributed by atoms with Crippen LogP contribution in [-0.4, -0.2) is 40.3 Å². The van der Waals surface area contributed by atoms with Gasteiger partial charge in [-0.15, -0.1) is 11.8 Å². The van der Waals surface area contributed by atoms with Crippen molar-refractivity contribution in [2.24, 2.45) is 0 Å². The number of thioether (sulfide) groups is 1. The Balaban J connectivity index is 2.34. The third-order valence-corrected chi connectivity index (χ3v) is 3.51. The molecule has 0 unspecified atom stereocenters. The van der Waals surface area contributed by atoms with E-state index in [4.69, 9.17) is 11.6 Å². The summed E-state index contributed by atoms with van der Waals surface area (Å²) >= 11 is 7.56. The SMILES string of the molecule is CCN(CC)CCSc1nccnc1Cl. The smallest absolute Gasteiger partial charge is 0.161 e. The summed E-state index contributed by atoms with van der Waals surface area (Å²) in [7, 11) is 0. The minimum atomic E-state index is 0.502. The van der Waals surface area contributed by atoms with Crippen LogP contribution in [0, 0.1) is 0 Å². The molecule has 0 N–H and O–H groups in total. The van der Waals surface area contributed by atoms with E-state index in [0.29, 0.717) is 5.15 Å². The molecule has 1 heterocycles. The predicted molar refractivity (Wildman–Crippen MR) is 65.6 cm³/mol. The molecule has 0 spiro atoms. The molecule has 1 aromatic rings. The molecule has 0 radical (unpaired) electrons. The number of aromatic nitrogens is 2. The fourth-order valence-corrected chi connectivity index (χ4v) is 2.34. The van der Waals surface area contributed by atoms with Crippen molar-refractivity contribution in [3.05, 3.63) is 17.5 Å². The second kappa shape index (κ2) is 7.04. The van der Waals surface area contributed by atoms with Gasteiger partial charge in [-0.05, 0) is 13.1 Å². The Morgan fingerprint density at radius 1 is 1.27 bits per heavy atom. The van der Waals surface area contributed by atoms with Crippen LogP contribution in [-0.2, 0) is 0 Å². The Morgan fingerprint density at radius 3 is 2.53 bits per heavy atom. The van der Waals surface area contributed by atoms with Crippen molar-refractivity contribution in [3.8, 4) is 0 Å². The number of halogens is 1. The summed E-state index contributed by atoms with van der Waals surface area (Å²) in [5.74, 6) is 1.00. The molecule has 15 heavy (non-hydrogen) atoms. The summed E-state index contributed by atoms with van der Waals surface area (Å²) in [6, 6.07) is 0. The minimum Gasteiger partial charge on any atom is -0.303 e. The van der Waals surface area contributed by atoms with Crippen LogP contribution in [0.4, 0.5) is 0 Å². The van der Waals surface area contributed by atoms with Gasteiger partial charge in [0, 0.05) is 24.7 Å². The van der Waals surface area contributed by atoms with E-state index < -0.39 is 0 Å². The van der Waals surface area contributed by atoms with E-state index >= 15 is 0 Å². The van der Waals surface area contributed by atoms with Crippen LogP contribution in [0.25, 0.3) is 0 Å². The molecule has 0 atom stereocenters. The van der Waals surface area contributed by atoms with E-state index in [1.165, 1.54) is 0 Å². The van der Waals surface area contributed by atoms with E-state index in [1.54, 1.807) is 24.2 Å². The molecule has 0 amide bonds. The normalized spacial score (nSPS) is 10.9. The lowest BCUT2D eigenvalue weighted by molar-refractivity contribution is 0.324. The van der Waals surface area contributed by atoms with Gasteiger partial charge in [0.05, 0.1) is 0 Å². The first kappa shape index (κ1) is 12.7. The molecule has 84 valence electrons. The van der Waals surface area contributed by atoms with Crippen LogP contribution in [0.3, 0.4) is 0 Å². The Kier molecular flexibility index (Phi) is 5.98. The highest BCUT2D eigenvalue weighted by Crippen LogP contribution is 2.21. The van der Waals surface area contributed by atoms with Gasteiger partial charge in [0.25, 0.3) is 0 Å². The van der Waals surface area contributed by atoms with Gasteiger partial charge in [0.2, 0.25) is 0 Å². The van der Waals surface area contributed by atoms with Crippen molar-refractivity contribution in [2.75, 3.05) is 25.4 Å². The molecule has 1 aromatic heterocycles. The van der Waals surface area contributed by atoms with Gasteiger partial charge in [0.15, 0.2) is 5.15 Å². The first-order chi connectivity index (χ1) is 7.27. The molecule has 0 fully saturated rings. The second-order valence-corrected chi connectivity index (χ2v) is 4.47. The summed E-state index contributed by atoms with van der Waals surface area (Å²) in [5.41, 5.74) is 0. The standard InChI is InChI=1S/C10H16ClN3S/c1-3-14(4-2)7-8-15-10-9(11)12-5-6-13-10/h5-6H,3-4,7-8H2,1-2H3. The van der Waals surface area contributed by atoms with Crippen LogP contribution in [0.5, 0.6) is 0 Å². The highest BCUT2D eigenvalue weighted by molar-refractivity contribution is 7.99. The molecule has 0 saturated heterocycles. The van der Waals surface area contributed by atoms with E-state index in [0.717, 1.165) is 30.4 Å². The largest absolute Gasteiger partial charge is 0.303 e. The predicted octanol–water partition coefficient (Wildman–Crippen LogP) is 2.56. The monoisotopic (exact) mass is 245 g/mol. The average Bonchev–Trinajstić information content (AvgIpc) is 2.27. The second-order valence-electron chi connectivity index (χ2n) is 3.03. The molecular weight excluding hydrogens is 230 g/mol. The highest BCUT2D eigenvalue weighted by Gasteiger charge is 2.04. The van der Waals surface area contributed by atoms with E-state index in [9.17, 15) is 0 Å². The lowest BCUT2D eigenvalue weighted by atomic mass is 10.5. The number of rotatable bonds is 6. The third kappa shape index (κ3) is 4.36. The molecule has 0 aliphatic carbocycles. The van der Waals surface area contributed by atoms with Crippen molar-refractivity contribution in [1.29, 1.82) is 0 Å². The lowest BCUT2D eigenvalue weighted by Crippen LogP contribution is -2.25. The van der Waals surface area contributed by atoms with Crippen molar-refractivity contribution in [1.82, 2.24) is 14.9 Å². The molecule has 0 bridgehead atoms. The maximum Gasteiger partial charge on any atom is 0.161 e. The van der Waals surface area contributed by atoms with Crippen LogP contribution in [0.1, 0.15) is 13.8 Å². The summed E-state index contributed by atoms with van der Waals surface area (Å²) in [4.78, 5) is 10.5. The van der Waals surface area contributed by atoms with Crippen LogP contribution < -0.4 is 0 Å². The molecule has 0 aliphatic heterocycles. The van der Waals surface area contributed by atoms with Crippen molar-refractivity contribution in [2.45, 2.75) is 18.9 Å². The van der Waals surface area contributed by atoms with Crippen LogP contribution >= 0.6 is 23.4 Å². The summed E-state index contributed by atoms with van der Waals surface area (Å²) in [6.45, 7) is 7.58. The summed E-state index contributed by atoms with van der Waals surface area (Å²) in [5, 5.41) is 1.33. The van der Waals surface area contributed by atoms with E-state index in [1.807, 2.05) is 0 Å². The Bertz CT molecular complexity index is 292. The van der Waals surface area contributed by atoms with Gasteiger partial charge >= 0.3 is 0 Å². The first-order valence-electron chi connectivity index (χ1n) is 5.09. The Labute approximate surface area is 100 Å². The molecule has 0 saturated carbocycles. The van der Waals surface area contributed by atoms with Crippen molar-refractivity contribution < 1.29 is 0 Å². The zero-order valence-corrected chi connectivity index (χ0v) is 10.7. The maximum absolute atomic E-state index is 5.90. The van der Waals surface area contributed by atoms with Crippen molar-refractivity contribution >= 4 is 23.4 Å².